The average Bonchev–Trinajstić information content (AvgIpc) is 2.10. The second-order valence-corrected chi connectivity index (χ2v) is 3.89. The van der Waals surface area contributed by atoms with Crippen molar-refractivity contribution in [1.82, 2.24) is 0 Å². The lowest BCUT2D eigenvalue weighted by Gasteiger charge is -2.02. The molecule has 0 atom stereocenters. The highest BCUT2D eigenvalue weighted by Crippen LogP contribution is 2.12. The SMILES string of the molecule is C=CC(=O)OCCCCCC(Cl)Cl. The molecule has 13 heavy (non-hydrogen) atoms. The molecule has 0 aliphatic rings. The van der Waals surface area contributed by atoms with Gasteiger partial charge in [-0.3, -0.25) is 0 Å². The molecule has 76 valence electrons. The predicted molar refractivity (Wildman–Crippen MR) is 55.1 cm³/mol. The van der Waals surface area contributed by atoms with Gasteiger partial charge in [0.15, 0.2) is 0 Å². The Morgan fingerprint density at radius 2 is 2.08 bits per heavy atom. The number of carbonyl (C=O) groups excluding carboxylic acids is 1. The Kier molecular flexibility index (Phi) is 8.26. The van der Waals surface area contributed by atoms with E-state index in [9.17, 15) is 4.79 Å². The third-order valence-corrected chi connectivity index (χ3v) is 1.91. The van der Waals surface area contributed by atoms with Gasteiger partial charge in [0, 0.05) is 6.08 Å². The van der Waals surface area contributed by atoms with E-state index in [0.717, 1.165) is 31.8 Å². The molecule has 0 aromatic rings. The molecule has 0 saturated carbocycles. The van der Waals surface area contributed by atoms with E-state index in [1.54, 1.807) is 0 Å². The van der Waals surface area contributed by atoms with E-state index >= 15 is 0 Å². The van der Waals surface area contributed by atoms with Crippen molar-refractivity contribution in [2.24, 2.45) is 0 Å². The number of rotatable bonds is 7. The summed E-state index contributed by atoms with van der Waals surface area (Å²) in [7, 11) is 0. The van der Waals surface area contributed by atoms with E-state index in [-0.39, 0.29) is 10.8 Å². The van der Waals surface area contributed by atoms with Crippen LogP contribution in [0.4, 0.5) is 0 Å². The van der Waals surface area contributed by atoms with E-state index < -0.39 is 0 Å². The molecule has 0 heterocycles. The standard InChI is InChI=1S/C9H14Cl2O2/c1-2-9(12)13-7-5-3-4-6-8(10)11/h2,8H,1,3-7H2. The smallest absolute Gasteiger partial charge is 0.330 e. The third kappa shape index (κ3) is 9.71. The van der Waals surface area contributed by atoms with Crippen LogP contribution in [0.5, 0.6) is 0 Å². The quantitative estimate of drug-likeness (QED) is 0.288. The molecule has 4 heteroatoms. The number of hydrogen-bond acceptors (Lipinski definition) is 2. The number of hydrogen-bond donors (Lipinski definition) is 0. The molecule has 0 fully saturated rings. The van der Waals surface area contributed by atoms with Gasteiger partial charge in [0.2, 0.25) is 0 Å². The molecule has 0 bridgehead atoms. The van der Waals surface area contributed by atoms with Gasteiger partial charge in [-0.15, -0.1) is 23.2 Å². The van der Waals surface area contributed by atoms with Gasteiger partial charge < -0.3 is 4.74 Å². The maximum atomic E-state index is 10.6. The van der Waals surface area contributed by atoms with Crippen molar-refractivity contribution < 1.29 is 9.53 Å². The minimum absolute atomic E-state index is 0.282. The van der Waals surface area contributed by atoms with Crippen molar-refractivity contribution in [3.63, 3.8) is 0 Å². The van der Waals surface area contributed by atoms with Gasteiger partial charge in [-0.05, 0) is 19.3 Å². The van der Waals surface area contributed by atoms with Gasteiger partial charge in [-0.1, -0.05) is 13.0 Å². The monoisotopic (exact) mass is 224 g/mol. The van der Waals surface area contributed by atoms with Gasteiger partial charge in [0.05, 0.1) is 6.61 Å². The number of halogens is 2. The molecular weight excluding hydrogens is 211 g/mol. The molecular formula is C9H14Cl2O2. The minimum atomic E-state index is -0.368. The van der Waals surface area contributed by atoms with E-state index in [2.05, 4.69) is 6.58 Å². The summed E-state index contributed by atoms with van der Waals surface area (Å²) in [6.07, 6.45) is 4.73. The molecule has 0 spiro atoms. The van der Waals surface area contributed by atoms with Crippen LogP contribution in [-0.2, 0) is 9.53 Å². The summed E-state index contributed by atoms with van der Waals surface area (Å²) in [4.78, 5) is 10.3. The minimum Gasteiger partial charge on any atom is -0.463 e. The summed E-state index contributed by atoms with van der Waals surface area (Å²) in [5, 5.41) is 0. The van der Waals surface area contributed by atoms with Crippen LogP contribution in [0.25, 0.3) is 0 Å². The van der Waals surface area contributed by atoms with Crippen LogP contribution in [0.2, 0.25) is 0 Å². The summed E-state index contributed by atoms with van der Waals surface area (Å²) < 4.78 is 4.78. The molecule has 0 aliphatic carbocycles. The second kappa shape index (κ2) is 8.39. The first kappa shape index (κ1) is 12.8. The zero-order valence-corrected chi connectivity index (χ0v) is 8.98. The van der Waals surface area contributed by atoms with Gasteiger partial charge in [0.25, 0.3) is 0 Å². The summed E-state index contributed by atoms with van der Waals surface area (Å²) >= 11 is 11.1. The number of alkyl halides is 2. The largest absolute Gasteiger partial charge is 0.463 e. The van der Waals surface area contributed by atoms with Gasteiger partial charge in [-0.25, -0.2) is 4.79 Å². The Balaban J connectivity index is 3.08. The summed E-state index contributed by atoms with van der Waals surface area (Å²) in [6.45, 7) is 3.73. The van der Waals surface area contributed by atoms with Crippen LogP contribution < -0.4 is 0 Å². The summed E-state index contributed by atoms with van der Waals surface area (Å²) in [5.41, 5.74) is 0. The van der Waals surface area contributed by atoms with Crippen LogP contribution in [0, 0.1) is 0 Å². The molecule has 0 amide bonds. The highest BCUT2D eigenvalue weighted by atomic mass is 35.5. The van der Waals surface area contributed by atoms with Crippen LogP contribution in [-0.4, -0.2) is 17.4 Å². The van der Waals surface area contributed by atoms with E-state index in [0.29, 0.717) is 6.61 Å². The maximum absolute atomic E-state index is 10.6. The topological polar surface area (TPSA) is 26.3 Å². The predicted octanol–water partition coefficient (Wildman–Crippen LogP) is 3.08. The highest BCUT2D eigenvalue weighted by Gasteiger charge is 1.98. The summed E-state index contributed by atoms with van der Waals surface area (Å²) in [6, 6.07) is 0. The first-order valence-electron chi connectivity index (χ1n) is 4.24. The van der Waals surface area contributed by atoms with Gasteiger partial charge in [-0.2, -0.15) is 0 Å². The fourth-order valence-electron chi connectivity index (χ4n) is 0.809. The number of esters is 1. The Hall–Kier alpha value is -0.210. The highest BCUT2D eigenvalue weighted by molar-refractivity contribution is 6.44. The molecule has 0 radical (unpaired) electrons. The van der Waals surface area contributed by atoms with Crippen molar-refractivity contribution >= 4 is 29.2 Å². The molecule has 0 aliphatic heterocycles. The fourth-order valence-corrected chi connectivity index (χ4v) is 1.12. The molecule has 0 N–H and O–H groups in total. The van der Waals surface area contributed by atoms with Crippen LogP contribution in [0.3, 0.4) is 0 Å². The lowest BCUT2D eigenvalue weighted by molar-refractivity contribution is -0.137. The molecule has 0 aromatic carbocycles. The molecule has 0 saturated heterocycles. The molecule has 0 aromatic heterocycles. The Bertz CT molecular complexity index is 158. The average molecular weight is 225 g/mol. The Labute approximate surface area is 88.9 Å². The zero-order chi connectivity index (χ0) is 10.1. The van der Waals surface area contributed by atoms with Crippen LogP contribution in [0.1, 0.15) is 25.7 Å². The van der Waals surface area contributed by atoms with Gasteiger partial charge in [0.1, 0.15) is 4.84 Å². The van der Waals surface area contributed by atoms with E-state index in [1.807, 2.05) is 0 Å². The Morgan fingerprint density at radius 1 is 1.38 bits per heavy atom. The fraction of sp³-hybridized carbons (Fsp3) is 0.667. The van der Waals surface area contributed by atoms with Crippen molar-refractivity contribution in [3.05, 3.63) is 12.7 Å². The molecule has 0 rings (SSSR count). The zero-order valence-electron chi connectivity index (χ0n) is 7.47. The van der Waals surface area contributed by atoms with Gasteiger partial charge >= 0.3 is 5.97 Å². The normalized spacial score (nSPS) is 10.1. The van der Waals surface area contributed by atoms with E-state index in [1.165, 1.54) is 0 Å². The number of unbranched alkanes of at least 4 members (excludes halogenated alkanes) is 2. The first-order valence-corrected chi connectivity index (χ1v) is 5.11. The molecule has 0 unspecified atom stereocenters. The number of ether oxygens (including phenoxy) is 1. The summed E-state index contributed by atoms with van der Waals surface area (Å²) in [5.74, 6) is -0.368. The third-order valence-electron chi connectivity index (χ3n) is 1.48. The van der Waals surface area contributed by atoms with Crippen molar-refractivity contribution in [2.75, 3.05) is 6.61 Å². The Morgan fingerprint density at radius 3 is 2.62 bits per heavy atom. The van der Waals surface area contributed by atoms with Crippen molar-refractivity contribution in [1.29, 1.82) is 0 Å². The van der Waals surface area contributed by atoms with Crippen LogP contribution in [0.15, 0.2) is 12.7 Å². The lowest BCUT2D eigenvalue weighted by Crippen LogP contribution is -2.01. The van der Waals surface area contributed by atoms with E-state index in [4.69, 9.17) is 27.9 Å². The van der Waals surface area contributed by atoms with Crippen molar-refractivity contribution in [3.8, 4) is 0 Å². The second-order valence-electron chi connectivity index (χ2n) is 2.61. The first-order chi connectivity index (χ1) is 6.16. The lowest BCUT2D eigenvalue weighted by atomic mass is 10.2. The maximum Gasteiger partial charge on any atom is 0.330 e. The number of carbonyl (C=O) groups is 1. The van der Waals surface area contributed by atoms with Crippen LogP contribution >= 0.6 is 23.2 Å². The van der Waals surface area contributed by atoms with Crippen molar-refractivity contribution in [2.45, 2.75) is 30.5 Å². The molecule has 2 nitrogen and oxygen atoms in total.